The van der Waals surface area contributed by atoms with E-state index < -0.39 is 35.6 Å². The lowest BCUT2D eigenvalue weighted by molar-refractivity contribution is -0.205. The Hall–Kier alpha value is -0.440. The molecule has 2 aliphatic heterocycles. The van der Waals surface area contributed by atoms with Crippen LogP contribution in [0.15, 0.2) is 0 Å². The first-order valence-electron chi connectivity index (χ1n) is 4.76. The van der Waals surface area contributed by atoms with Gasteiger partial charge in [-0.2, -0.15) is 0 Å². The SMILES string of the molecule is NC1OC1(N)C(N)(N)OC(N)(N)C1(N)OC1N. The van der Waals surface area contributed by atoms with Gasteiger partial charge in [0.2, 0.25) is 23.1 Å². The van der Waals surface area contributed by atoms with E-state index in [0.717, 1.165) is 0 Å². The van der Waals surface area contributed by atoms with Crippen LogP contribution < -0.4 is 45.9 Å². The smallest absolute Gasteiger partial charge is 0.221 e. The molecule has 2 heterocycles. The molecular weight excluding hydrogens is 232 g/mol. The number of rotatable bonds is 4. The Morgan fingerprint density at radius 2 is 1.06 bits per heavy atom. The highest BCUT2D eigenvalue weighted by molar-refractivity contribution is 5.10. The third-order valence-electron chi connectivity index (χ3n) is 2.93. The van der Waals surface area contributed by atoms with Crippen molar-refractivity contribution in [3.63, 3.8) is 0 Å². The first-order valence-corrected chi connectivity index (χ1v) is 4.76. The van der Waals surface area contributed by atoms with Crippen molar-refractivity contribution < 1.29 is 14.2 Å². The monoisotopic (exact) mass is 250 g/mol. The molecule has 0 saturated carbocycles. The molecule has 0 spiro atoms. The number of epoxide rings is 2. The van der Waals surface area contributed by atoms with Gasteiger partial charge in [-0.15, -0.1) is 0 Å². The van der Waals surface area contributed by atoms with Crippen LogP contribution in [0.5, 0.6) is 0 Å². The molecule has 0 aromatic heterocycles. The predicted octanol–water partition coefficient (Wildman–Crippen LogP) is -5.91. The molecule has 0 aromatic carbocycles. The van der Waals surface area contributed by atoms with Gasteiger partial charge in [0.25, 0.3) is 0 Å². The maximum atomic E-state index is 5.63. The van der Waals surface area contributed by atoms with Crippen LogP contribution in [-0.2, 0) is 14.2 Å². The fraction of sp³-hybridized carbons (Fsp3) is 1.00. The highest BCUT2D eigenvalue weighted by Gasteiger charge is 2.71. The Morgan fingerprint density at radius 3 is 1.24 bits per heavy atom. The van der Waals surface area contributed by atoms with Crippen molar-refractivity contribution >= 4 is 0 Å². The van der Waals surface area contributed by atoms with E-state index in [0.29, 0.717) is 0 Å². The zero-order chi connectivity index (χ0) is 13.3. The minimum absolute atomic E-state index is 0.893. The van der Waals surface area contributed by atoms with Crippen LogP contribution in [0, 0.1) is 0 Å². The zero-order valence-corrected chi connectivity index (χ0v) is 9.00. The van der Waals surface area contributed by atoms with Gasteiger partial charge in [0, 0.05) is 0 Å². The van der Waals surface area contributed by atoms with Crippen LogP contribution in [-0.4, -0.2) is 35.6 Å². The van der Waals surface area contributed by atoms with E-state index in [1.807, 2.05) is 0 Å². The molecule has 11 nitrogen and oxygen atoms in total. The van der Waals surface area contributed by atoms with Crippen LogP contribution in [0.3, 0.4) is 0 Å². The number of hydrogen-bond donors (Lipinski definition) is 8. The first-order chi connectivity index (χ1) is 7.46. The van der Waals surface area contributed by atoms with Gasteiger partial charge in [0.15, 0.2) is 12.5 Å². The zero-order valence-electron chi connectivity index (χ0n) is 9.00. The van der Waals surface area contributed by atoms with Crippen LogP contribution in [0.1, 0.15) is 0 Å². The normalized spacial score (nSPS) is 45.9. The summed E-state index contributed by atoms with van der Waals surface area (Å²) in [6, 6.07) is 0. The van der Waals surface area contributed by atoms with E-state index in [9.17, 15) is 0 Å². The molecule has 11 heteroatoms. The molecule has 100 valence electrons. The molecule has 0 bridgehead atoms. The molecule has 0 amide bonds. The van der Waals surface area contributed by atoms with Crippen LogP contribution in [0.4, 0.5) is 0 Å². The van der Waals surface area contributed by atoms with Crippen molar-refractivity contribution in [1.82, 2.24) is 0 Å². The molecule has 2 saturated heterocycles. The van der Waals surface area contributed by atoms with Crippen molar-refractivity contribution in [2.24, 2.45) is 45.9 Å². The summed E-state index contributed by atoms with van der Waals surface area (Å²) >= 11 is 0. The van der Waals surface area contributed by atoms with Crippen molar-refractivity contribution in [2.45, 2.75) is 35.6 Å². The first kappa shape index (κ1) is 13.0. The molecular formula is C6H18N8O3. The lowest BCUT2D eigenvalue weighted by Crippen LogP contribution is -2.78. The van der Waals surface area contributed by atoms with Gasteiger partial charge in [-0.1, -0.05) is 0 Å². The van der Waals surface area contributed by atoms with Crippen molar-refractivity contribution in [1.29, 1.82) is 0 Å². The van der Waals surface area contributed by atoms with Gasteiger partial charge in [-0.25, -0.2) is 0 Å². The van der Waals surface area contributed by atoms with E-state index in [4.69, 9.17) is 60.1 Å². The second-order valence-electron chi connectivity index (χ2n) is 4.35. The third kappa shape index (κ3) is 1.66. The topological polar surface area (TPSA) is 242 Å². The number of ether oxygens (including phenoxy) is 3. The molecule has 0 radical (unpaired) electrons. The lowest BCUT2D eigenvalue weighted by atomic mass is 10.1. The van der Waals surface area contributed by atoms with Gasteiger partial charge < -0.3 is 25.7 Å². The molecule has 17 heavy (non-hydrogen) atoms. The molecule has 4 atom stereocenters. The van der Waals surface area contributed by atoms with E-state index in [1.165, 1.54) is 0 Å². The molecule has 2 aliphatic rings. The minimum atomic E-state index is -2.05. The van der Waals surface area contributed by atoms with E-state index in [-0.39, 0.29) is 0 Å². The van der Waals surface area contributed by atoms with Crippen molar-refractivity contribution in [3.05, 3.63) is 0 Å². The Bertz CT molecular complexity index is 318. The Balaban J connectivity index is 2.11. The van der Waals surface area contributed by atoms with Gasteiger partial charge >= 0.3 is 0 Å². The van der Waals surface area contributed by atoms with Gasteiger partial charge in [0.05, 0.1) is 0 Å². The summed E-state index contributed by atoms with van der Waals surface area (Å²) in [5.74, 6) is -4.10. The fourth-order valence-corrected chi connectivity index (χ4v) is 1.42. The molecule has 2 fully saturated rings. The fourth-order valence-electron chi connectivity index (χ4n) is 1.42. The Morgan fingerprint density at radius 1 is 0.824 bits per heavy atom. The second-order valence-corrected chi connectivity index (χ2v) is 4.35. The minimum Gasteiger partial charge on any atom is -0.328 e. The van der Waals surface area contributed by atoms with Crippen LogP contribution in [0.2, 0.25) is 0 Å². The number of hydrogen-bond acceptors (Lipinski definition) is 11. The largest absolute Gasteiger partial charge is 0.328 e. The van der Waals surface area contributed by atoms with E-state index >= 15 is 0 Å². The summed E-state index contributed by atoms with van der Waals surface area (Å²) in [7, 11) is 0. The Kier molecular flexibility index (Phi) is 2.38. The average molecular weight is 250 g/mol. The van der Waals surface area contributed by atoms with Crippen molar-refractivity contribution in [2.75, 3.05) is 0 Å². The van der Waals surface area contributed by atoms with Gasteiger partial charge in [-0.05, 0) is 0 Å². The summed E-state index contributed by atoms with van der Waals surface area (Å²) in [6.45, 7) is 0. The summed E-state index contributed by atoms with van der Waals surface area (Å²) in [5, 5.41) is 0. The maximum absolute atomic E-state index is 5.63. The molecule has 0 aromatic rings. The van der Waals surface area contributed by atoms with E-state index in [2.05, 4.69) is 0 Å². The lowest BCUT2D eigenvalue weighted by Gasteiger charge is -2.38. The molecule has 0 aliphatic carbocycles. The second kappa shape index (κ2) is 3.11. The van der Waals surface area contributed by atoms with Gasteiger partial charge in [0.1, 0.15) is 0 Å². The van der Waals surface area contributed by atoms with Gasteiger partial charge in [-0.3, -0.25) is 34.4 Å². The quantitative estimate of drug-likeness (QED) is 0.172. The Labute approximate surface area is 96.6 Å². The van der Waals surface area contributed by atoms with Crippen LogP contribution >= 0.6 is 0 Å². The summed E-state index contributed by atoms with van der Waals surface area (Å²) in [5.41, 5.74) is 41.3. The van der Waals surface area contributed by atoms with Crippen molar-refractivity contribution in [3.8, 4) is 0 Å². The molecule has 4 unspecified atom stereocenters. The maximum Gasteiger partial charge on any atom is 0.221 e. The highest BCUT2D eigenvalue weighted by Crippen LogP contribution is 2.40. The summed E-state index contributed by atoms with van der Waals surface area (Å²) < 4.78 is 14.7. The average Bonchev–Trinajstić information content (AvgIpc) is 2.92. The highest BCUT2D eigenvalue weighted by atomic mass is 16.7. The predicted molar refractivity (Wildman–Crippen MR) is 55.3 cm³/mol. The molecule has 2 rings (SSSR count). The standard InChI is InChI=1S/C6H18N8O3/c7-1-3(9,15-1)5(11,12)17-6(13,14)4(10)2(8)16-4/h1-2H,7-14H2. The molecule has 16 N–H and O–H groups in total. The van der Waals surface area contributed by atoms with Crippen LogP contribution in [0.25, 0.3) is 0 Å². The summed E-state index contributed by atoms with van der Waals surface area (Å²) in [4.78, 5) is 0. The van der Waals surface area contributed by atoms with E-state index in [1.54, 1.807) is 0 Å². The third-order valence-corrected chi connectivity index (χ3v) is 2.93. The summed E-state index contributed by atoms with van der Waals surface area (Å²) in [6.07, 6.45) is -1.79. The number of nitrogens with two attached hydrogens (primary N) is 8.